The van der Waals surface area contributed by atoms with Gasteiger partial charge >= 0.3 is 0 Å². The van der Waals surface area contributed by atoms with E-state index in [0.29, 0.717) is 23.5 Å². The zero-order valence-electron chi connectivity index (χ0n) is 20.8. The molecule has 6 atom stereocenters. The molecule has 0 saturated carbocycles. The van der Waals surface area contributed by atoms with E-state index in [2.05, 4.69) is 25.8 Å². The summed E-state index contributed by atoms with van der Waals surface area (Å²) in [5.41, 5.74) is 2.49. The lowest BCUT2D eigenvalue weighted by Crippen LogP contribution is -2.57. The predicted octanol–water partition coefficient (Wildman–Crippen LogP) is 3.33. The number of hydrogen-bond donors (Lipinski definition) is 4. The highest BCUT2D eigenvalue weighted by Gasteiger charge is 2.45. The average Bonchev–Trinajstić information content (AvgIpc) is 2.80. The van der Waals surface area contributed by atoms with Gasteiger partial charge in [0.2, 0.25) is 6.29 Å². The standard InChI is InChI=1S/C28H38O7/c1-5-6-7-8-11-19-15-22(33-27-21(17-29)24(30)25(31)26(32)34-27)20-12-14-28(4,35-23(20)16-19)13-9-10-18(2)3/h1,10,12,14-16,21,24-27,29-32H,6-9,11,13,17H2,2-4H3/t21-,24-,25+,26+,27?,28?/m1/s1. The Balaban J connectivity index is 1.89. The van der Waals surface area contributed by atoms with E-state index in [4.69, 9.17) is 20.6 Å². The van der Waals surface area contributed by atoms with E-state index in [0.717, 1.165) is 37.7 Å². The van der Waals surface area contributed by atoms with Gasteiger partial charge in [-0.15, -0.1) is 12.3 Å². The SMILES string of the molecule is C#CCCCCc1cc(OC2O[C@H](O)[C@@H](O)[C@H](O)[C@H]2CO)c2c(c1)OC(C)(CCC=C(C)C)C=C2. The molecule has 2 unspecified atom stereocenters. The van der Waals surface area contributed by atoms with Crippen LogP contribution in [0.5, 0.6) is 11.5 Å². The van der Waals surface area contributed by atoms with E-state index in [1.165, 1.54) is 5.57 Å². The molecule has 192 valence electrons. The van der Waals surface area contributed by atoms with Gasteiger partial charge in [-0.1, -0.05) is 11.6 Å². The molecule has 0 aliphatic carbocycles. The van der Waals surface area contributed by atoms with Crippen LogP contribution < -0.4 is 9.47 Å². The molecule has 2 aliphatic heterocycles. The molecule has 0 spiro atoms. The minimum absolute atomic E-state index is 0.455. The van der Waals surface area contributed by atoms with Crippen molar-refractivity contribution < 1.29 is 34.6 Å². The van der Waals surface area contributed by atoms with Crippen LogP contribution in [0.1, 0.15) is 64.0 Å². The zero-order chi connectivity index (χ0) is 25.6. The maximum Gasteiger partial charge on any atom is 0.210 e. The number of benzene rings is 1. The number of aryl methyl sites for hydroxylation is 1. The second-order valence-electron chi connectivity index (χ2n) is 9.83. The van der Waals surface area contributed by atoms with Crippen molar-refractivity contribution in [3.05, 3.63) is 41.0 Å². The molecule has 0 aromatic heterocycles. The van der Waals surface area contributed by atoms with Crippen molar-refractivity contribution in [1.82, 2.24) is 0 Å². The van der Waals surface area contributed by atoms with Gasteiger partial charge in [-0.2, -0.15) is 0 Å². The van der Waals surface area contributed by atoms with Crippen molar-refractivity contribution in [2.24, 2.45) is 5.92 Å². The van der Waals surface area contributed by atoms with Crippen LogP contribution in [0.15, 0.2) is 29.9 Å². The van der Waals surface area contributed by atoms with Gasteiger partial charge in [0, 0.05) is 6.42 Å². The Morgan fingerprint density at radius 2 is 1.97 bits per heavy atom. The van der Waals surface area contributed by atoms with Crippen LogP contribution in [0.2, 0.25) is 0 Å². The molecule has 1 saturated heterocycles. The topological polar surface area (TPSA) is 109 Å². The molecule has 7 nitrogen and oxygen atoms in total. The van der Waals surface area contributed by atoms with Crippen LogP contribution in [-0.4, -0.2) is 57.4 Å². The number of fused-ring (bicyclic) bond motifs is 1. The van der Waals surface area contributed by atoms with Crippen LogP contribution in [-0.2, 0) is 11.2 Å². The van der Waals surface area contributed by atoms with E-state index in [9.17, 15) is 20.4 Å². The molecule has 1 aromatic carbocycles. The third-order valence-corrected chi connectivity index (χ3v) is 6.50. The molecule has 0 bridgehead atoms. The first kappa shape index (κ1) is 27.3. The lowest BCUT2D eigenvalue weighted by molar-refractivity contribution is -0.312. The first-order valence-electron chi connectivity index (χ1n) is 12.3. The minimum Gasteiger partial charge on any atom is -0.483 e. The average molecular weight is 487 g/mol. The summed E-state index contributed by atoms with van der Waals surface area (Å²) in [6.07, 6.45) is 10.8. The number of allylic oxidation sites excluding steroid dienone is 2. The lowest BCUT2D eigenvalue weighted by atomic mass is 9.93. The third-order valence-electron chi connectivity index (χ3n) is 6.50. The summed E-state index contributed by atoms with van der Waals surface area (Å²) >= 11 is 0. The molecule has 1 aromatic rings. The summed E-state index contributed by atoms with van der Waals surface area (Å²) in [4.78, 5) is 0. The molecule has 2 heterocycles. The van der Waals surface area contributed by atoms with Gasteiger partial charge in [-0.3, -0.25) is 0 Å². The molecule has 1 fully saturated rings. The predicted molar refractivity (Wildman–Crippen MR) is 134 cm³/mol. The van der Waals surface area contributed by atoms with Gasteiger partial charge in [-0.25, -0.2) is 0 Å². The van der Waals surface area contributed by atoms with Gasteiger partial charge in [0.05, 0.1) is 24.2 Å². The Bertz CT molecular complexity index is 959. The van der Waals surface area contributed by atoms with Gasteiger partial charge in [0.25, 0.3) is 0 Å². The van der Waals surface area contributed by atoms with Crippen molar-refractivity contribution in [3.8, 4) is 23.8 Å². The zero-order valence-corrected chi connectivity index (χ0v) is 20.8. The molecule has 2 aliphatic rings. The van der Waals surface area contributed by atoms with Crippen molar-refractivity contribution in [1.29, 1.82) is 0 Å². The van der Waals surface area contributed by atoms with Crippen LogP contribution >= 0.6 is 0 Å². The Labute approximate surface area is 208 Å². The van der Waals surface area contributed by atoms with Crippen LogP contribution in [0.25, 0.3) is 6.08 Å². The summed E-state index contributed by atoms with van der Waals surface area (Å²) in [6.45, 7) is 5.71. The lowest BCUT2D eigenvalue weighted by Gasteiger charge is -2.40. The maximum atomic E-state index is 10.3. The van der Waals surface area contributed by atoms with Gasteiger partial charge in [0.1, 0.15) is 23.2 Å². The second kappa shape index (κ2) is 12.1. The van der Waals surface area contributed by atoms with Crippen molar-refractivity contribution in [3.63, 3.8) is 0 Å². The Kier molecular flexibility index (Phi) is 9.40. The van der Waals surface area contributed by atoms with E-state index >= 15 is 0 Å². The van der Waals surface area contributed by atoms with Crippen molar-refractivity contribution in [2.75, 3.05) is 6.61 Å². The number of aliphatic hydroxyl groups excluding tert-OH is 4. The Hall–Kier alpha value is -2.34. The highest BCUT2D eigenvalue weighted by atomic mass is 16.7. The number of terminal acetylenes is 1. The van der Waals surface area contributed by atoms with Crippen molar-refractivity contribution >= 4 is 6.08 Å². The summed E-state index contributed by atoms with van der Waals surface area (Å²) in [5, 5.41) is 40.0. The normalized spacial score (nSPS) is 29.6. The van der Waals surface area contributed by atoms with E-state index in [-0.39, 0.29) is 0 Å². The van der Waals surface area contributed by atoms with Crippen LogP contribution in [0.4, 0.5) is 0 Å². The molecule has 7 heteroatoms. The van der Waals surface area contributed by atoms with Crippen molar-refractivity contribution in [2.45, 2.75) is 89.7 Å². The van der Waals surface area contributed by atoms with E-state index < -0.39 is 42.9 Å². The number of rotatable bonds is 10. The number of unbranched alkanes of at least 4 members (excludes halogenated alkanes) is 2. The smallest absolute Gasteiger partial charge is 0.210 e. The number of ether oxygens (including phenoxy) is 3. The third kappa shape index (κ3) is 6.87. The summed E-state index contributed by atoms with van der Waals surface area (Å²) in [6, 6.07) is 3.90. The maximum absolute atomic E-state index is 10.3. The van der Waals surface area contributed by atoms with Gasteiger partial charge in [0.15, 0.2) is 6.29 Å². The molecule has 0 amide bonds. The first-order chi connectivity index (χ1) is 16.7. The molecular weight excluding hydrogens is 448 g/mol. The second-order valence-corrected chi connectivity index (χ2v) is 9.83. The highest BCUT2D eigenvalue weighted by Crippen LogP contribution is 2.41. The number of aliphatic hydroxyl groups is 4. The van der Waals surface area contributed by atoms with Crippen LogP contribution in [0.3, 0.4) is 0 Å². The molecule has 3 rings (SSSR count). The fourth-order valence-electron chi connectivity index (χ4n) is 4.36. The Morgan fingerprint density at radius 1 is 1.20 bits per heavy atom. The summed E-state index contributed by atoms with van der Waals surface area (Å²) in [7, 11) is 0. The monoisotopic (exact) mass is 486 g/mol. The highest BCUT2D eigenvalue weighted by molar-refractivity contribution is 5.68. The van der Waals surface area contributed by atoms with Crippen LogP contribution in [0, 0.1) is 18.3 Å². The molecule has 0 radical (unpaired) electrons. The number of hydrogen-bond acceptors (Lipinski definition) is 7. The van der Waals surface area contributed by atoms with Gasteiger partial charge in [-0.05, 0) is 82.7 Å². The fourth-order valence-corrected chi connectivity index (χ4v) is 4.36. The first-order valence-corrected chi connectivity index (χ1v) is 12.3. The molecular formula is C28H38O7. The Morgan fingerprint density at radius 3 is 2.66 bits per heavy atom. The van der Waals surface area contributed by atoms with E-state index in [1.807, 2.05) is 31.2 Å². The molecule has 35 heavy (non-hydrogen) atoms. The quantitative estimate of drug-likeness (QED) is 0.228. The largest absolute Gasteiger partial charge is 0.483 e. The van der Waals surface area contributed by atoms with Gasteiger partial charge < -0.3 is 34.6 Å². The summed E-state index contributed by atoms with van der Waals surface area (Å²) < 4.78 is 18.0. The summed E-state index contributed by atoms with van der Waals surface area (Å²) in [5.74, 6) is 2.85. The fraction of sp³-hybridized carbons (Fsp3) is 0.571. The van der Waals surface area contributed by atoms with E-state index in [1.54, 1.807) is 0 Å². The minimum atomic E-state index is -1.63. The molecule has 4 N–H and O–H groups in total.